The Bertz CT molecular complexity index is 595. The SMILES string of the molecule is Cc1cccc(C(Cc2ccccc2F)C(=O)Cl)c1. The van der Waals surface area contributed by atoms with Gasteiger partial charge in [0.25, 0.3) is 0 Å². The van der Waals surface area contributed by atoms with Gasteiger partial charge in [-0.15, -0.1) is 0 Å². The summed E-state index contributed by atoms with van der Waals surface area (Å²) in [6.07, 6.45) is 0.276. The zero-order chi connectivity index (χ0) is 13.8. The molecule has 0 N–H and O–H groups in total. The molecule has 2 aromatic rings. The zero-order valence-electron chi connectivity index (χ0n) is 10.6. The van der Waals surface area contributed by atoms with Crippen LogP contribution in [0.3, 0.4) is 0 Å². The topological polar surface area (TPSA) is 17.1 Å². The van der Waals surface area contributed by atoms with E-state index >= 15 is 0 Å². The number of rotatable bonds is 4. The summed E-state index contributed by atoms with van der Waals surface area (Å²) in [6, 6.07) is 14.0. The summed E-state index contributed by atoms with van der Waals surface area (Å²) >= 11 is 5.67. The highest BCUT2D eigenvalue weighted by molar-refractivity contribution is 6.64. The predicted octanol–water partition coefficient (Wildman–Crippen LogP) is 4.23. The highest BCUT2D eigenvalue weighted by Crippen LogP contribution is 2.25. The van der Waals surface area contributed by atoms with Crippen LogP contribution in [0.2, 0.25) is 0 Å². The van der Waals surface area contributed by atoms with Crippen molar-refractivity contribution >= 4 is 16.8 Å². The highest BCUT2D eigenvalue weighted by Gasteiger charge is 2.20. The lowest BCUT2D eigenvalue weighted by molar-refractivity contribution is -0.113. The van der Waals surface area contributed by atoms with Gasteiger partial charge in [-0.05, 0) is 42.1 Å². The largest absolute Gasteiger partial charge is 0.281 e. The second-order valence-electron chi connectivity index (χ2n) is 4.57. The third kappa shape index (κ3) is 3.42. The molecule has 0 spiro atoms. The van der Waals surface area contributed by atoms with E-state index in [1.165, 1.54) is 6.07 Å². The van der Waals surface area contributed by atoms with Gasteiger partial charge in [-0.2, -0.15) is 0 Å². The summed E-state index contributed by atoms with van der Waals surface area (Å²) in [7, 11) is 0. The Balaban J connectivity index is 2.32. The van der Waals surface area contributed by atoms with Crippen molar-refractivity contribution in [3.05, 3.63) is 71.0 Å². The summed E-state index contributed by atoms with van der Waals surface area (Å²) in [4.78, 5) is 11.6. The van der Waals surface area contributed by atoms with Gasteiger partial charge in [0.05, 0.1) is 5.92 Å². The van der Waals surface area contributed by atoms with E-state index in [2.05, 4.69) is 0 Å². The Morgan fingerprint density at radius 2 is 1.95 bits per heavy atom. The molecule has 1 atom stereocenters. The number of aryl methyl sites for hydroxylation is 1. The fourth-order valence-electron chi connectivity index (χ4n) is 2.10. The molecule has 0 bridgehead atoms. The molecule has 2 rings (SSSR count). The Morgan fingerprint density at radius 3 is 2.58 bits per heavy atom. The van der Waals surface area contributed by atoms with E-state index in [9.17, 15) is 9.18 Å². The van der Waals surface area contributed by atoms with Gasteiger partial charge < -0.3 is 0 Å². The minimum Gasteiger partial charge on any atom is -0.281 e. The molecule has 0 heterocycles. The summed E-state index contributed by atoms with van der Waals surface area (Å²) in [5, 5.41) is -0.464. The molecule has 0 aliphatic heterocycles. The third-order valence-corrected chi connectivity index (χ3v) is 3.36. The van der Waals surface area contributed by atoms with E-state index in [1.54, 1.807) is 18.2 Å². The summed E-state index contributed by atoms with van der Waals surface area (Å²) < 4.78 is 13.7. The maximum Gasteiger partial charge on any atom is 0.229 e. The van der Waals surface area contributed by atoms with Gasteiger partial charge in [-0.25, -0.2) is 4.39 Å². The van der Waals surface area contributed by atoms with Crippen LogP contribution in [0.5, 0.6) is 0 Å². The molecule has 3 heteroatoms. The van der Waals surface area contributed by atoms with Gasteiger partial charge in [0, 0.05) is 0 Å². The van der Waals surface area contributed by atoms with Gasteiger partial charge in [-0.1, -0.05) is 48.0 Å². The van der Waals surface area contributed by atoms with Gasteiger partial charge in [-0.3, -0.25) is 4.79 Å². The van der Waals surface area contributed by atoms with Crippen molar-refractivity contribution in [2.24, 2.45) is 0 Å². The molecule has 0 amide bonds. The number of halogens is 2. The van der Waals surface area contributed by atoms with Crippen molar-refractivity contribution < 1.29 is 9.18 Å². The maximum absolute atomic E-state index is 13.7. The van der Waals surface area contributed by atoms with Crippen molar-refractivity contribution in [1.29, 1.82) is 0 Å². The summed E-state index contributed by atoms with van der Waals surface area (Å²) in [5.74, 6) is -0.823. The van der Waals surface area contributed by atoms with Gasteiger partial charge in [0.2, 0.25) is 5.24 Å². The van der Waals surface area contributed by atoms with E-state index in [0.29, 0.717) is 5.56 Å². The average Bonchev–Trinajstić information content (AvgIpc) is 2.37. The normalized spacial score (nSPS) is 12.2. The first-order valence-corrected chi connectivity index (χ1v) is 6.45. The third-order valence-electron chi connectivity index (χ3n) is 3.10. The van der Waals surface area contributed by atoms with Gasteiger partial charge in [0.15, 0.2) is 0 Å². The Kier molecular flexibility index (Phi) is 4.33. The number of hydrogen-bond acceptors (Lipinski definition) is 1. The molecular formula is C16H14ClFO. The van der Waals surface area contributed by atoms with E-state index in [-0.39, 0.29) is 12.2 Å². The van der Waals surface area contributed by atoms with Crippen LogP contribution in [0, 0.1) is 12.7 Å². The maximum atomic E-state index is 13.7. The second kappa shape index (κ2) is 5.98. The Morgan fingerprint density at radius 1 is 1.21 bits per heavy atom. The summed E-state index contributed by atoms with van der Waals surface area (Å²) in [5.41, 5.74) is 2.38. The highest BCUT2D eigenvalue weighted by atomic mass is 35.5. The van der Waals surface area contributed by atoms with Crippen LogP contribution in [0.1, 0.15) is 22.6 Å². The van der Waals surface area contributed by atoms with Crippen LogP contribution in [-0.2, 0) is 11.2 Å². The minimum atomic E-state index is -0.515. The minimum absolute atomic E-state index is 0.276. The second-order valence-corrected chi connectivity index (χ2v) is 4.94. The zero-order valence-corrected chi connectivity index (χ0v) is 11.3. The Labute approximate surface area is 117 Å². The average molecular weight is 277 g/mol. The molecule has 0 aliphatic carbocycles. The molecule has 19 heavy (non-hydrogen) atoms. The molecule has 0 saturated carbocycles. The fourth-order valence-corrected chi connectivity index (χ4v) is 2.30. The van der Waals surface area contributed by atoms with E-state index in [0.717, 1.165) is 11.1 Å². The Hall–Kier alpha value is -1.67. The number of hydrogen-bond donors (Lipinski definition) is 0. The van der Waals surface area contributed by atoms with Crippen molar-refractivity contribution in [3.63, 3.8) is 0 Å². The first-order chi connectivity index (χ1) is 9.08. The van der Waals surface area contributed by atoms with Gasteiger partial charge >= 0.3 is 0 Å². The monoisotopic (exact) mass is 276 g/mol. The van der Waals surface area contributed by atoms with E-state index in [4.69, 9.17) is 11.6 Å². The van der Waals surface area contributed by atoms with E-state index in [1.807, 2.05) is 31.2 Å². The van der Waals surface area contributed by atoms with E-state index < -0.39 is 11.2 Å². The number of carbonyl (C=O) groups is 1. The molecule has 0 aliphatic rings. The number of carbonyl (C=O) groups excluding carboxylic acids is 1. The van der Waals surface area contributed by atoms with Crippen LogP contribution in [0.15, 0.2) is 48.5 Å². The lowest BCUT2D eigenvalue weighted by atomic mass is 9.92. The van der Waals surface area contributed by atoms with Crippen molar-refractivity contribution in [2.45, 2.75) is 19.3 Å². The predicted molar refractivity (Wildman–Crippen MR) is 74.9 cm³/mol. The van der Waals surface area contributed by atoms with Crippen LogP contribution in [0.25, 0.3) is 0 Å². The van der Waals surface area contributed by atoms with Crippen LogP contribution in [0.4, 0.5) is 4.39 Å². The van der Waals surface area contributed by atoms with Crippen molar-refractivity contribution in [2.75, 3.05) is 0 Å². The molecule has 1 unspecified atom stereocenters. The quantitative estimate of drug-likeness (QED) is 0.764. The van der Waals surface area contributed by atoms with Crippen molar-refractivity contribution in [3.8, 4) is 0 Å². The van der Waals surface area contributed by atoms with Crippen LogP contribution in [-0.4, -0.2) is 5.24 Å². The smallest absolute Gasteiger partial charge is 0.229 e. The molecule has 2 aromatic carbocycles. The van der Waals surface area contributed by atoms with Crippen molar-refractivity contribution in [1.82, 2.24) is 0 Å². The first kappa shape index (κ1) is 13.8. The summed E-state index contributed by atoms with van der Waals surface area (Å²) in [6.45, 7) is 1.95. The first-order valence-electron chi connectivity index (χ1n) is 6.07. The van der Waals surface area contributed by atoms with Gasteiger partial charge in [0.1, 0.15) is 5.82 Å². The molecule has 98 valence electrons. The lowest BCUT2D eigenvalue weighted by Gasteiger charge is -2.14. The number of benzene rings is 2. The van der Waals surface area contributed by atoms with Crippen LogP contribution < -0.4 is 0 Å². The molecule has 0 fully saturated rings. The molecule has 1 nitrogen and oxygen atoms in total. The van der Waals surface area contributed by atoms with Crippen LogP contribution >= 0.6 is 11.6 Å². The molecule has 0 radical (unpaired) electrons. The lowest BCUT2D eigenvalue weighted by Crippen LogP contribution is -2.11. The standard InChI is InChI=1S/C16H14ClFO/c1-11-5-4-7-12(9-11)14(16(17)19)10-13-6-2-3-8-15(13)18/h2-9,14H,10H2,1H3. The molecule has 0 aromatic heterocycles. The molecular weight excluding hydrogens is 263 g/mol. The fraction of sp³-hybridized carbons (Fsp3) is 0.188. The molecule has 0 saturated heterocycles.